The van der Waals surface area contributed by atoms with E-state index in [1.54, 1.807) is 26.0 Å². The van der Waals surface area contributed by atoms with Crippen LogP contribution in [0.4, 0.5) is 0 Å². The fourth-order valence-corrected chi connectivity index (χ4v) is 1.56. The van der Waals surface area contributed by atoms with Crippen LogP contribution in [-0.4, -0.2) is 16.3 Å². The van der Waals surface area contributed by atoms with E-state index in [4.69, 9.17) is 17.3 Å². The smallest absolute Gasteiger partial charge is 0.123 e. The predicted octanol–water partition coefficient (Wildman–Crippen LogP) is 1.73. The van der Waals surface area contributed by atoms with Gasteiger partial charge in [-0.3, -0.25) is 0 Å². The molecule has 0 fully saturated rings. The number of hydrogen-bond donors (Lipinski definition) is 3. The van der Waals surface area contributed by atoms with E-state index in [1.165, 1.54) is 0 Å². The molecule has 0 aliphatic heterocycles. The molecule has 0 radical (unpaired) electrons. The molecule has 1 aromatic rings. The molecule has 4 N–H and O–H groups in total. The highest BCUT2D eigenvalue weighted by Crippen LogP contribution is 2.31. The zero-order valence-corrected chi connectivity index (χ0v) is 8.92. The maximum absolute atomic E-state index is 9.69. The highest BCUT2D eigenvalue weighted by molar-refractivity contribution is 6.30. The van der Waals surface area contributed by atoms with Gasteiger partial charge >= 0.3 is 0 Å². The van der Waals surface area contributed by atoms with Gasteiger partial charge in [0.15, 0.2) is 0 Å². The van der Waals surface area contributed by atoms with Crippen LogP contribution in [0.2, 0.25) is 5.02 Å². The lowest BCUT2D eigenvalue weighted by Crippen LogP contribution is -2.23. The summed E-state index contributed by atoms with van der Waals surface area (Å²) in [6.45, 7) is 3.31. The number of hydrogen-bond acceptors (Lipinski definition) is 3. The van der Waals surface area contributed by atoms with Gasteiger partial charge in [-0.05, 0) is 31.5 Å². The first-order valence-electron chi connectivity index (χ1n) is 4.36. The topological polar surface area (TPSA) is 66.5 Å². The largest absolute Gasteiger partial charge is 0.507 e. The van der Waals surface area contributed by atoms with E-state index < -0.39 is 12.1 Å². The number of phenolic OH excluding ortho intramolecular Hbond substituents is 1. The molecule has 0 aliphatic rings. The molecule has 0 saturated carbocycles. The van der Waals surface area contributed by atoms with Gasteiger partial charge in [0, 0.05) is 10.6 Å². The highest BCUT2D eigenvalue weighted by Gasteiger charge is 2.17. The summed E-state index contributed by atoms with van der Waals surface area (Å²) < 4.78 is 0. The Labute approximate surface area is 88.1 Å². The predicted molar refractivity (Wildman–Crippen MR) is 56.5 cm³/mol. The SMILES string of the molecule is Cc1cc(Cl)cc([C@H](N)C(C)O)c1O. The molecule has 4 heteroatoms. The van der Waals surface area contributed by atoms with Gasteiger partial charge in [0.05, 0.1) is 12.1 Å². The second-order valence-electron chi connectivity index (χ2n) is 3.43. The molecule has 0 aliphatic carbocycles. The lowest BCUT2D eigenvalue weighted by Gasteiger charge is -2.17. The van der Waals surface area contributed by atoms with E-state index in [0.717, 1.165) is 0 Å². The van der Waals surface area contributed by atoms with Gasteiger partial charge in [0.1, 0.15) is 5.75 Å². The van der Waals surface area contributed by atoms with Crippen LogP contribution in [0, 0.1) is 6.92 Å². The summed E-state index contributed by atoms with van der Waals surface area (Å²) in [6.07, 6.45) is -0.723. The number of aryl methyl sites for hydroxylation is 1. The lowest BCUT2D eigenvalue weighted by atomic mass is 10.00. The molecule has 0 spiro atoms. The summed E-state index contributed by atoms with van der Waals surface area (Å²) in [4.78, 5) is 0. The average molecular weight is 216 g/mol. The molecule has 1 rings (SSSR count). The number of aromatic hydroxyl groups is 1. The van der Waals surface area contributed by atoms with Crippen molar-refractivity contribution in [2.24, 2.45) is 5.73 Å². The fourth-order valence-electron chi connectivity index (χ4n) is 1.28. The van der Waals surface area contributed by atoms with Gasteiger partial charge < -0.3 is 15.9 Å². The number of aliphatic hydroxyl groups excluding tert-OH is 1. The van der Waals surface area contributed by atoms with E-state index in [2.05, 4.69) is 0 Å². The van der Waals surface area contributed by atoms with Crippen molar-refractivity contribution in [1.29, 1.82) is 0 Å². The molecular formula is C10H14ClNO2. The first-order valence-corrected chi connectivity index (χ1v) is 4.74. The van der Waals surface area contributed by atoms with Gasteiger partial charge in [-0.1, -0.05) is 11.6 Å². The Kier molecular flexibility index (Phi) is 3.37. The minimum atomic E-state index is -0.723. The summed E-state index contributed by atoms with van der Waals surface area (Å²) in [5, 5.41) is 19.5. The molecule has 0 amide bonds. The summed E-state index contributed by atoms with van der Waals surface area (Å²) in [5.74, 6) is 0.0998. The quantitative estimate of drug-likeness (QED) is 0.704. The van der Waals surface area contributed by atoms with Crippen LogP contribution in [0.1, 0.15) is 24.1 Å². The second kappa shape index (κ2) is 4.17. The molecule has 0 saturated heterocycles. The summed E-state index contributed by atoms with van der Waals surface area (Å²) in [7, 11) is 0. The molecule has 14 heavy (non-hydrogen) atoms. The monoisotopic (exact) mass is 215 g/mol. The Hall–Kier alpha value is -0.770. The van der Waals surface area contributed by atoms with Gasteiger partial charge in [-0.2, -0.15) is 0 Å². The number of rotatable bonds is 2. The summed E-state index contributed by atoms with van der Waals surface area (Å²) in [6, 6.07) is 2.60. The van der Waals surface area contributed by atoms with Gasteiger partial charge in [-0.25, -0.2) is 0 Å². The van der Waals surface area contributed by atoms with Gasteiger partial charge in [0.25, 0.3) is 0 Å². The maximum atomic E-state index is 9.69. The maximum Gasteiger partial charge on any atom is 0.123 e. The normalized spacial score (nSPS) is 15.2. The van der Waals surface area contributed by atoms with Gasteiger partial charge in [0.2, 0.25) is 0 Å². The van der Waals surface area contributed by atoms with Crippen molar-refractivity contribution in [2.75, 3.05) is 0 Å². The molecular weight excluding hydrogens is 202 g/mol. The third-order valence-corrected chi connectivity index (χ3v) is 2.39. The lowest BCUT2D eigenvalue weighted by molar-refractivity contribution is 0.163. The molecule has 2 atom stereocenters. The molecule has 1 aromatic carbocycles. The van der Waals surface area contributed by atoms with E-state index in [9.17, 15) is 10.2 Å². The van der Waals surface area contributed by atoms with Crippen molar-refractivity contribution in [1.82, 2.24) is 0 Å². The first-order chi connectivity index (χ1) is 6.43. The van der Waals surface area contributed by atoms with E-state index >= 15 is 0 Å². The molecule has 78 valence electrons. The zero-order valence-electron chi connectivity index (χ0n) is 8.16. The van der Waals surface area contributed by atoms with Crippen LogP contribution in [0.25, 0.3) is 0 Å². The number of benzene rings is 1. The Morgan fingerprint density at radius 3 is 2.50 bits per heavy atom. The number of nitrogens with two attached hydrogens (primary N) is 1. The standard InChI is InChI=1S/C10H14ClNO2/c1-5-3-7(11)4-8(10(5)14)9(12)6(2)13/h3-4,6,9,13-14H,12H2,1-2H3/t6?,9-/m1/s1. The Morgan fingerprint density at radius 1 is 1.43 bits per heavy atom. The van der Waals surface area contributed by atoms with Crippen LogP contribution in [0.15, 0.2) is 12.1 Å². The van der Waals surface area contributed by atoms with Crippen LogP contribution in [0.5, 0.6) is 5.75 Å². The number of aliphatic hydroxyl groups is 1. The third-order valence-electron chi connectivity index (χ3n) is 2.17. The van der Waals surface area contributed by atoms with Crippen molar-refractivity contribution < 1.29 is 10.2 Å². The van der Waals surface area contributed by atoms with Crippen LogP contribution >= 0.6 is 11.6 Å². The average Bonchev–Trinajstić information content (AvgIpc) is 2.09. The molecule has 1 unspecified atom stereocenters. The number of phenols is 1. The molecule has 0 bridgehead atoms. The van der Waals surface area contributed by atoms with E-state index in [0.29, 0.717) is 16.1 Å². The second-order valence-corrected chi connectivity index (χ2v) is 3.86. The molecule has 3 nitrogen and oxygen atoms in total. The Balaban J connectivity index is 3.20. The van der Waals surface area contributed by atoms with Crippen molar-refractivity contribution >= 4 is 11.6 Å². The highest BCUT2D eigenvalue weighted by atomic mass is 35.5. The molecule has 0 heterocycles. The van der Waals surface area contributed by atoms with Crippen LogP contribution in [-0.2, 0) is 0 Å². The van der Waals surface area contributed by atoms with Crippen molar-refractivity contribution in [3.63, 3.8) is 0 Å². The summed E-state index contributed by atoms with van der Waals surface area (Å²) in [5.41, 5.74) is 6.84. The fraction of sp³-hybridized carbons (Fsp3) is 0.400. The Bertz CT molecular complexity index is 339. The molecule has 0 aromatic heterocycles. The minimum Gasteiger partial charge on any atom is -0.507 e. The number of halogens is 1. The zero-order chi connectivity index (χ0) is 10.9. The first kappa shape index (κ1) is 11.3. The summed E-state index contributed by atoms with van der Waals surface area (Å²) >= 11 is 5.82. The van der Waals surface area contributed by atoms with Crippen LogP contribution in [0.3, 0.4) is 0 Å². The van der Waals surface area contributed by atoms with Crippen LogP contribution < -0.4 is 5.73 Å². The van der Waals surface area contributed by atoms with Gasteiger partial charge in [-0.15, -0.1) is 0 Å². The third kappa shape index (κ3) is 2.18. The van der Waals surface area contributed by atoms with Crippen molar-refractivity contribution in [2.45, 2.75) is 26.0 Å². The van der Waals surface area contributed by atoms with Crippen molar-refractivity contribution in [3.05, 3.63) is 28.3 Å². The Morgan fingerprint density at radius 2 is 2.00 bits per heavy atom. The van der Waals surface area contributed by atoms with Crippen molar-refractivity contribution in [3.8, 4) is 5.75 Å². The van der Waals surface area contributed by atoms with E-state index in [-0.39, 0.29) is 5.75 Å². The minimum absolute atomic E-state index is 0.0998. The van der Waals surface area contributed by atoms with E-state index in [1.807, 2.05) is 0 Å².